The van der Waals surface area contributed by atoms with Crippen molar-refractivity contribution in [2.45, 2.75) is 0 Å². The Balaban J connectivity index is 2.76. The molecular weight excluding hydrogens is 184 g/mol. The van der Waals surface area contributed by atoms with Crippen LogP contribution in [0.3, 0.4) is 0 Å². The normalized spacial score (nSPS) is 9.50. The van der Waals surface area contributed by atoms with E-state index in [2.05, 4.69) is 5.32 Å². The number of nitrogens with one attached hydrogen (secondary N) is 1. The van der Waals surface area contributed by atoms with E-state index >= 15 is 0 Å². The number of hydrogen-bond acceptors (Lipinski definition) is 4. The van der Waals surface area contributed by atoms with Gasteiger partial charge in [-0.1, -0.05) is 0 Å². The molecule has 1 aromatic rings. The van der Waals surface area contributed by atoms with Crippen molar-refractivity contribution < 1.29 is 14.6 Å². The van der Waals surface area contributed by atoms with Crippen molar-refractivity contribution in [3.63, 3.8) is 0 Å². The second kappa shape index (κ2) is 4.36. The number of methoxy groups -OCH3 is 1. The van der Waals surface area contributed by atoms with Gasteiger partial charge in [0.25, 0.3) is 0 Å². The first kappa shape index (κ1) is 10.2. The van der Waals surface area contributed by atoms with Gasteiger partial charge in [0.1, 0.15) is 12.3 Å². The Bertz CT molecular complexity index is 339. The van der Waals surface area contributed by atoms with E-state index in [0.717, 1.165) is 0 Å². The predicted molar refractivity (Wildman–Crippen MR) is 53.5 cm³/mol. The standard InChI is InChI=1S/C9H12N2O3/c1-14-8-3-6(10)2-7(4-8)11-5-9(12)13/h2-4,11H,5,10H2,1H3,(H,12,13). The predicted octanol–water partition coefficient (Wildman–Crippen LogP) is 0.774. The molecule has 0 saturated carbocycles. The molecule has 0 heterocycles. The molecule has 4 N–H and O–H groups in total. The fourth-order valence-electron chi connectivity index (χ4n) is 1.02. The van der Waals surface area contributed by atoms with Gasteiger partial charge in [-0.05, 0) is 6.07 Å². The summed E-state index contributed by atoms with van der Waals surface area (Å²) in [5.41, 5.74) is 6.73. The smallest absolute Gasteiger partial charge is 0.322 e. The molecule has 0 aliphatic rings. The minimum Gasteiger partial charge on any atom is -0.497 e. The van der Waals surface area contributed by atoms with E-state index in [-0.39, 0.29) is 6.54 Å². The molecule has 1 rings (SSSR count). The van der Waals surface area contributed by atoms with Gasteiger partial charge >= 0.3 is 5.97 Å². The van der Waals surface area contributed by atoms with Gasteiger partial charge in [-0.25, -0.2) is 0 Å². The Morgan fingerprint density at radius 2 is 2.29 bits per heavy atom. The number of carbonyl (C=O) groups is 1. The topological polar surface area (TPSA) is 84.6 Å². The summed E-state index contributed by atoms with van der Waals surface area (Å²) in [7, 11) is 1.52. The van der Waals surface area contributed by atoms with Gasteiger partial charge in [0, 0.05) is 23.5 Å². The molecule has 5 nitrogen and oxygen atoms in total. The van der Waals surface area contributed by atoms with Gasteiger partial charge in [-0.2, -0.15) is 0 Å². The molecule has 14 heavy (non-hydrogen) atoms. The number of carboxylic acids is 1. The van der Waals surface area contributed by atoms with Gasteiger partial charge in [-0.3, -0.25) is 4.79 Å². The highest BCUT2D eigenvalue weighted by Crippen LogP contribution is 2.21. The number of hydrogen-bond donors (Lipinski definition) is 3. The summed E-state index contributed by atoms with van der Waals surface area (Å²) in [6.45, 7) is -0.146. The van der Waals surface area contributed by atoms with E-state index < -0.39 is 5.97 Å². The summed E-state index contributed by atoms with van der Waals surface area (Å²) in [5.74, 6) is -0.329. The lowest BCUT2D eigenvalue weighted by Crippen LogP contribution is -2.12. The molecule has 1 aromatic carbocycles. The highest BCUT2D eigenvalue weighted by Gasteiger charge is 2.00. The molecular formula is C9H12N2O3. The molecule has 0 fully saturated rings. The SMILES string of the molecule is COc1cc(N)cc(NCC(=O)O)c1. The third-order valence-corrected chi connectivity index (χ3v) is 1.61. The van der Waals surface area contributed by atoms with E-state index in [9.17, 15) is 4.79 Å². The summed E-state index contributed by atoms with van der Waals surface area (Å²) in [5, 5.41) is 11.1. The number of anilines is 2. The lowest BCUT2D eigenvalue weighted by atomic mass is 10.2. The van der Waals surface area contributed by atoms with Crippen molar-refractivity contribution in [1.29, 1.82) is 0 Å². The number of rotatable bonds is 4. The van der Waals surface area contributed by atoms with E-state index in [1.165, 1.54) is 7.11 Å². The van der Waals surface area contributed by atoms with Gasteiger partial charge in [0.15, 0.2) is 0 Å². The van der Waals surface area contributed by atoms with Crippen LogP contribution in [0.5, 0.6) is 5.75 Å². The lowest BCUT2D eigenvalue weighted by molar-refractivity contribution is -0.134. The molecule has 0 atom stereocenters. The molecule has 5 heteroatoms. The minimum absolute atomic E-state index is 0.146. The summed E-state index contributed by atoms with van der Waals surface area (Å²) in [6.07, 6.45) is 0. The van der Waals surface area contributed by atoms with E-state index in [4.69, 9.17) is 15.6 Å². The number of nitrogens with two attached hydrogens (primary N) is 1. The number of carboxylic acid groups (broad SMARTS) is 1. The van der Waals surface area contributed by atoms with Crippen molar-refractivity contribution in [1.82, 2.24) is 0 Å². The van der Waals surface area contributed by atoms with Crippen LogP contribution in [0.2, 0.25) is 0 Å². The van der Waals surface area contributed by atoms with Crippen LogP contribution in [0.15, 0.2) is 18.2 Å². The molecule has 76 valence electrons. The zero-order chi connectivity index (χ0) is 10.6. The van der Waals surface area contributed by atoms with E-state index in [1.54, 1.807) is 18.2 Å². The van der Waals surface area contributed by atoms with E-state index in [0.29, 0.717) is 17.1 Å². The number of nitrogen functional groups attached to an aromatic ring is 1. The summed E-state index contributed by atoms with van der Waals surface area (Å²) in [6, 6.07) is 4.98. The molecule has 0 saturated heterocycles. The largest absolute Gasteiger partial charge is 0.497 e. The zero-order valence-corrected chi connectivity index (χ0v) is 7.78. The zero-order valence-electron chi connectivity index (χ0n) is 7.78. The van der Waals surface area contributed by atoms with Crippen LogP contribution in [-0.2, 0) is 4.79 Å². The fraction of sp³-hybridized carbons (Fsp3) is 0.222. The number of aliphatic carboxylic acids is 1. The Morgan fingerprint density at radius 3 is 2.86 bits per heavy atom. The average molecular weight is 196 g/mol. The summed E-state index contributed by atoms with van der Waals surface area (Å²) < 4.78 is 4.98. The molecule has 0 amide bonds. The maximum atomic E-state index is 10.3. The molecule has 0 spiro atoms. The second-order valence-corrected chi connectivity index (χ2v) is 2.74. The van der Waals surface area contributed by atoms with Gasteiger partial charge < -0.3 is 20.9 Å². The van der Waals surface area contributed by atoms with Crippen LogP contribution in [0, 0.1) is 0 Å². The van der Waals surface area contributed by atoms with Crippen LogP contribution in [-0.4, -0.2) is 24.7 Å². The van der Waals surface area contributed by atoms with Crippen molar-refractivity contribution >= 4 is 17.3 Å². The average Bonchev–Trinajstić information content (AvgIpc) is 2.14. The molecule has 0 aliphatic carbocycles. The van der Waals surface area contributed by atoms with E-state index in [1.807, 2.05) is 0 Å². The molecule has 0 aliphatic heterocycles. The molecule has 0 bridgehead atoms. The fourth-order valence-corrected chi connectivity index (χ4v) is 1.02. The van der Waals surface area contributed by atoms with Gasteiger partial charge in [0.05, 0.1) is 7.11 Å². The Labute approximate surface area is 81.5 Å². The van der Waals surface area contributed by atoms with Gasteiger partial charge in [-0.15, -0.1) is 0 Å². The van der Waals surface area contributed by atoms with Crippen molar-refractivity contribution in [3.05, 3.63) is 18.2 Å². The Kier molecular flexibility index (Phi) is 3.17. The lowest BCUT2D eigenvalue weighted by Gasteiger charge is -2.07. The monoisotopic (exact) mass is 196 g/mol. The maximum Gasteiger partial charge on any atom is 0.322 e. The van der Waals surface area contributed by atoms with Crippen LogP contribution in [0.1, 0.15) is 0 Å². The van der Waals surface area contributed by atoms with Crippen molar-refractivity contribution in [2.24, 2.45) is 0 Å². The minimum atomic E-state index is -0.925. The highest BCUT2D eigenvalue weighted by atomic mass is 16.5. The molecule has 0 aromatic heterocycles. The second-order valence-electron chi connectivity index (χ2n) is 2.74. The van der Waals surface area contributed by atoms with Gasteiger partial charge in [0.2, 0.25) is 0 Å². The third-order valence-electron chi connectivity index (χ3n) is 1.61. The Morgan fingerprint density at radius 1 is 1.57 bits per heavy atom. The number of ether oxygens (including phenoxy) is 1. The maximum absolute atomic E-state index is 10.3. The number of benzene rings is 1. The quantitative estimate of drug-likeness (QED) is 0.619. The van der Waals surface area contributed by atoms with Crippen LogP contribution >= 0.6 is 0 Å². The molecule has 0 unspecified atom stereocenters. The molecule has 0 radical (unpaired) electrons. The highest BCUT2D eigenvalue weighted by molar-refractivity contribution is 5.73. The third kappa shape index (κ3) is 2.85. The first-order valence-electron chi connectivity index (χ1n) is 4.02. The van der Waals surface area contributed by atoms with Crippen LogP contribution in [0.4, 0.5) is 11.4 Å². The first-order chi connectivity index (χ1) is 6.61. The van der Waals surface area contributed by atoms with Crippen molar-refractivity contribution in [2.75, 3.05) is 24.7 Å². The summed E-state index contributed by atoms with van der Waals surface area (Å²) in [4.78, 5) is 10.3. The van der Waals surface area contributed by atoms with Crippen LogP contribution < -0.4 is 15.8 Å². The first-order valence-corrected chi connectivity index (χ1v) is 4.02. The Hall–Kier alpha value is -1.91. The van der Waals surface area contributed by atoms with Crippen molar-refractivity contribution in [3.8, 4) is 5.75 Å². The summed E-state index contributed by atoms with van der Waals surface area (Å²) >= 11 is 0. The van der Waals surface area contributed by atoms with Crippen LogP contribution in [0.25, 0.3) is 0 Å².